The SMILES string of the molecule is CCC(N)Cc1cc(Br)ccc1Oc1ccc(Br)c(F)c1. The van der Waals surface area contributed by atoms with E-state index in [1.54, 1.807) is 12.1 Å². The van der Waals surface area contributed by atoms with E-state index in [0.29, 0.717) is 22.4 Å². The molecule has 0 spiro atoms. The predicted octanol–water partition coefficient (Wildman–Crippen LogP) is 5.42. The molecule has 2 rings (SSSR count). The van der Waals surface area contributed by atoms with Crippen LogP contribution >= 0.6 is 31.9 Å². The second-order valence-corrected chi connectivity index (χ2v) is 6.57. The third kappa shape index (κ3) is 4.53. The first kappa shape index (κ1) is 16.5. The van der Waals surface area contributed by atoms with Gasteiger partial charge < -0.3 is 10.5 Å². The molecule has 0 saturated carbocycles. The Kier molecular flexibility index (Phi) is 5.79. The monoisotopic (exact) mass is 415 g/mol. The van der Waals surface area contributed by atoms with Crippen molar-refractivity contribution in [1.29, 1.82) is 0 Å². The van der Waals surface area contributed by atoms with E-state index in [-0.39, 0.29) is 11.9 Å². The summed E-state index contributed by atoms with van der Waals surface area (Å²) in [6, 6.07) is 10.5. The number of rotatable bonds is 5. The molecule has 2 aromatic carbocycles. The number of nitrogens with two attached hydrogens (primary N) is 1. The third-order valence-electron chi connectivity index (χ3n) is 3.15. The second-order valence-electron chi connectivity index (χ2n) is 4.80. The van der Waals surface area contributed by atoms with Crippen LogP contribution in [-0.4, -0.2) is 6.04 Å². The molecule has 5 heteroatoms. The number of hydrogen-bond acceptors (Lipinski definition) is 2. The Morgan fingerprint density at radius 2 is 1.95 bits per heavy atom. The van der Waals surface area contributed by atoms with E-state index in [0.717, 1.165) is 16.5 Å². The Labute approximate surface area is 140 Å². The lowest BCUT2D eigenvalue weighted by atomic mass is 10.0. The molecule has 0 saturated heterocycles. The molecule has 0 bridgehead atoms. The van der Waals surface area contributed by atoms with Gasteiger partial charge in [0.2, 0.25) is 0 Å². The normalized spacial score (nSPS) is 12.2. The average molecular weight is 417 g/mol. The lowest BCUT2D eigenvalue weighted by molar-refractivity contribution is 0.466. The molecule has 0 fully saturated rings. The number of halogens is 3. The third-order valence-corrected chi connectivity index (χ3v) is 4.28. The first-order chi connectivity index (χ1) is 9.99. The molecule has 2 aromatic rings. The van der Waals surface area contributed by atoms with E-state index in [1.807, 2.05) is 25.1 Å². The predicted molar refractivity (Wildman–Crippen MR) is 90.3 cm³/mol. The van der Waals surface area contributed by atoms with Crippen molar-refractivity contribution >= 4 is 31.9 Å². The van der Waals surface area contributed by atoms with Crippen molar-refractivity contribution in [3.05, 3.63) is 56.7 Å². The Morgan fingerprint density at radius 1 is 1.19 bits per heavy atom. The van der Waals surface area contributed by atoms with Gasteiger partial charge in [-0.05, 0) is 64.7 Å². The maximum atomic E-state index is 13.6. The molecule has 2 nitrogen and oxygen atoms in total. The van der Waals surface area contributed by atoms with Gasteiger partial charge in [0.15, 0.2) is 0 Å². The number of ether oxygens (including phenoxy) is 1. The van der Waals surface area contributed by atoms with Crippen LogP contribution in [0.15, 0.2) is 45.3 Å². The van der Waals surface area contributed by atoms with Gasteiger partial charge in [-0.1, -0.05) is 22.9 Å². The summed E-state index contributed by atoms with van der Waals surface area (Å²) >= 11 is 6.58. The fourth-order valence-corrected chi connectivity index (χ4v) is 2.56. The Hall–Kier alpha value is -0.910. The van der Waals surface area contributed by atoms with Gasteiger partial charge in [0, 0.05) is 16.6 Å². The lowest BCUT2D eigenvalue weighted by Gasteiger charge is -2.15. The molecule has 0 aliphatic carbocycles. The molecule has 0 amide bonds. The first-order valence-electron chi connectivity index (χ1n) is 6.66. The van der Waals surface area contributed by atoms with Gasteiger partial charge in [0.05, 0.1) is 4.47 Å². The van der Waals surface area contributed by atoms with Crippen LogP contribution in [0.1, 0.15) is 18.9 Å². The second kappa shape index (κ2) is 7.38. The van der Waals surface area contributed by atoms with Crippen molar-refractivity contribution in [2.45, 2.75) is 25.8 Å². The lowest BCUT2D eigenvalue weighted by Crippen LogP contribution is -2.21. The summed E-state index contributed by atoms with van der Waals surface area (Å²) in [6.07, 6.45) is 1.60. The smallest absolute Gasteiger partial charge is 0.141 e. The summed E-state index contributed by atoms with van der Waals surface area (Å²) in [4.78, 5) is 0. The summed E-state index contributed by atoms with van der Waals surface area (Å²) in [5.74, 6) is 0.810. The van der Waals surface area contributed by atoms with E-state index < -0.39 is 0 Å². The summed E-state index contributed by atoms with van der Waals surface area (Å²) < 4.78 is 20.7. The van der Waals surface area contributed by atoms with Crippen molar-refractivity contribution < 1.29 is 9.13 Å². The van der Waals surface area contributed by atoms with Gasteiger partial charge in [-0.25, -0.2) is 4.39 Å². The van der Waals surface area contributed by atoms with E-state index in [2.05, 4.69) is 31.9 Å². The van der Waals surface area contributed by atoms with Crippen LogP contribution in [0.2, 0.25) is 0 Å². The zero-order valence-corrected chi connectivity index (χ0v) is 14.7. The van der Waals surface area contributed by atoms with Gasteiger partial charge in [0.1, 0.15) is 17.3 Å². The van der Waals surface area contributed by atoms with E-state index in [9.17, 15) is 4.39 Å². The topological polar surface area (TPSA) is 35.2 Å². The summed E-state index contributed by atoms with van der Waals surface area (Å²) in [7, 11) is 0. The molecule has 112 valence electrons. The molecule has 1 atom stereocenters. The van der Waals surface area contributed by atoms with Crippen LogP contribution in [0.25, 0.3) is 0 Å². The largest absolute Gasteiger partial charge is 0.457 e. The molecule has 2 N–H and O–H groups in total. The minimum atomic E-state index is -0.351. The van der Waals surface area contributed by atoms with E-state index >= 15 is 0 Å². The highest BCUT2D eigenvalue weighted by Crippen LogP contribution is 2.30. The highest BCUT2D eigenvalue weighted by molar-refractivity contribution is 9.10. The first-order valence-corrected chi connectivity index (χ1v) is 8.25. The Morgan fingerprint density at radius 3 is 2.62 bits per heavy atom. The molecule has 0 aliphatic heterocycles. The van der Waals surface area contributed by atoms with E-state index in [1.165, 1.54) is 6.07 Å². The fourth-order valence-electron chi connectivity index (χ4n) is 1.90. The molecular formula is C16H16Br2FNO. The molecule has 0 aromatic heterocycles. The minimum absolute atomic E-state index is 0.0725. The van der Waals surface area contributed by atoms with Gasteiger partial charge in [-0.2, -0.15) is 0 Å². The molecule has 0 radical (unpaired) electrons. The summed E-state index contributed by atoms with van der Waals surface area (Å²) in [6.45, 7) is 2.05. The van der Waals surface area contributed by atoms with Crippen molar-refractivity contribution in [2.24, 2.45) is 5.73 Å². The fraction of sp³-hybridized carbons (Fsp3) is 0.250. The maximum absolute atomic E-state index is 13.6. The summed E-state index contributed by atoms with van der Waals surface area (Å²) in [5, 5.41) is 0. The van der Waals surface area contributed by atoms with Crippen LogP contribution in [0.5, 0.6) is 11.5 Å². The maximum Gasteiger partial charge on any atom is 0.141 e. The van der Waals surface area contributed by atoms with Gasteiger partial charge in [0.25, 0.3) is 0 Å². The van der Waals surface area contributed by atoms with Crippen LogP contribution in [0.3, 0.4) is 0 Å². The summed E-state index contributed by atoms with van der Waals surface area (Å²) in [5.41, 5.74) is 7.03. The molecular weight excluding hydrogens is 401 g/mol. The zero-order chi connectivity index (χ0) is 15.4. The van der Waals surface area contributed by atoms with Crippen molar-refractivity contribution in [3.8, 4) is 11.5 Å². The highest BCUT2D eigenvalue weighted by Gasteiger charge is 2.10. The van der Waals surface area contributed by atoms with Crippen LogP contribution in [-0.2, 0) is 6.42 Å². The molecule has 21 heavy (non-hydrogen) atoms. The Bertz CT molecular complexity index is 634. The quantitative estimate of drug-likeness (QED) is 0.705. The molecule has 0 heterocycles. The van der Waals surface area contributed by atoms with Crippen molar-refractivity contribution in [1.82, 2.24) is 0 Å². The van der Waals surface area contributed by atoms with Crippen LogP contribution < -0.4 is 10.5 Å². The number of hydrogen-bond donors (Lipinski definition) is 1. The van der Waals surface area contributed by atoms with Crippen molar-refractivity contribution in [3.63, 3.8) is 0 Å². The molecule has 0 aliphatic rings. The number of benzene rings is 2. The van der Waals surface area contributed by atoms with E-state index in [4.69, 9.17) is 10.5 Å². The van der Waals surface area contributed by atoms with Gasteiger partial charge in [-0.3, -0.25) is 0 Å². The highest BCUT2D eigenvalue weighted by atomic mass is 79.9. The van der Waals surface area contributed by atoms with Crippen LogP contribution in [0, 0.1) is 5.82 Å². The minimum Gasteiger partial charge on any atom is -0.457 e. The zero-order valence-electron chi connectivity index (χ0n) is 11.6. The molecule has 1 unspecified atom stereocenters. The van der Waals surface area contributed by atoms with Crippen molar-refractivity contribution in [2.75, 3.05) is 0 Å². The van der Waals surface area contributed by atoms with Gasteiger partial charge in [-0.15, -0.1) is 0 Å². The Balaban J connectivity index is 2.28. The standard InChI is InChI=1S/C16H16Br2FNO/c1-2-12(20)8-10-7-11(17)3-6-16(10)21-13-4-5-14(18)15(19)9-13/h3-7,9,12H,2,8,20H2,1H3. The average Bonchev–Trinajstić information content (AvgIpc) is 2.45. The van der Waals surface area contributed by atoms with Gasteiger partial charge >= 0.3 is 0 Å². The van der Waals surface area contributed by atoms with Crippen LogP contribution in [0.4, 0.5) is 4.39 Å².